The zero-order valence-electron chi connectivity index (χ0n) is 11.2. The van der Waals surface area contributed by atoms with Crippen LogP contribution in [0.2, 0.25) is 0 Å². The Balaban J connectivity index is 2.75. The highest BCUT2D eigenvalue weighted by molar-refractivity contribution is 5.89. The molecule has 0 atom stereocenters. The Morgan fingerprint density at radius 1 is 1.22 bits per heavy atom. The predicted molar refractivity (Wildman–Crippen MR) is 71.6 cm³/mol. The largest absolute Gasteiger partial charge is 0.497 e. The second kappa shape index (κ2) is 6.69. The van der Waals surface area contributed by atoms with Crippen LogP contribution in [0.4, 0.5) is 5.69 Å². The molecule has 0 saturated carbocycles. The Bertz CT molecular complexity index is 435. The maximum atomic E-state index is 11.5. The van der Waals surface area contributed by atoms with Crippen LogP contribution in [0.1, 0.15) is 20.8 Å². The summed E-state index contributed by atoms with van der Waals surface area (Å²) in [6.45, 7) is 5.75. The van der Waals surface area contributed by atoms with E-state index in [0.29, 0.717) is 12.2 Å². The summed E-state index contributed by atoms with van der Waals surface area (Å²) >= 11 is 0. The lowest BCUT2D eigenvalue weighted by Gasteiger charge is -2.10. The van der Waals surface area contributed by atoms with Crippen LogP contribution in [0.5, 0.6) is 5.75 Å². The van der Waals surface area contributed by atoms with Gasteiger partial charge in [-0.3, -0.25) is 0 Å². The first-order valence-corrected chi connectivity index (χ1v) is 5.84. The molecular weight excluding hydrogens is 230 g/mol. The fraction of sp³-hybridized carbons (Fsp3) is 0.357. The van der Waals surface area contributed by atoms with Crippen molar-refractivity contribution < 1.29 is 14.3 Å². The fourth-order valence-electron chi connectivity index (χ4n) is 1.38. The molecule has 1 aromatic carbocycles. The highest BCUT2D eigenvalue weighted by Crippen LogP contribution is 2.17. The highest BCUT2D eigenvalue weighted by Gasteiger charge is 2.08. The van der Waals surface area contributed by atoms with Gasteiger partial charge in [0.05, 0.1) is 19.3 Å². The van der Waals surface area contributed by atoms with Crippen molar-refractivity contribution in [2.45, 2.75) is 20.8 Å². The number of nitrogens with one attached hydrogen (secondary N) is 1. The first-order chi connectivity index (χ1) is 8.58. The molecule has 0 saturated heterocycles. The van der Waals surface area contributed by atoms with Gasteiger partial charge in [0.2, 0.25) is 0 Å². The van der Waals surface area contributed by atoms with E-state index in [4.69, 9.17) is 9.47 Å². The summed E-state index contributed by atoms with van der Waals surface area (Å²) in [5.74, 6) is 0.500. The first-order valence-electron chi connectivity index (χ1n) is 5.84. The molecule has 0 fully saturated rings. The third kappa shape index (κ3) is 3.80. The van der Waals surface area contributed by atoms with Gasteiger partial charge in [0, 0.05) is 11.4 Å². The average molecular weight is 249 g/mol. The van der Waals surface area contributed by atoms with Gasteiger partial charge >= 0.3 is 5.97 Å². The summed E-state index contributed by atoms with van der Waals surface area (Å²) in [4.78, 5) is 11.5. The van der Waals surface area contributed by atoms with E-state index in [9.17, 15) is 4.79 Å². The molecule has 0 aliphatic heterocycles. The van der Waals surface area contributed by atoms with E-state index in [1.807, 2.05) is 31.2 Å². The van der Waals surface area contributed by atoms with Crippen LogP contribution in [0.25, 0.3) is 0 Å². The average Bonchev–Trinajstić information content (AvgIpc) is 2.39. The maximum absolute atomic E-state index is 11.5. The second-order valence-corrected chi connectivity index (χ2v) is 3.82. The molecule has 0 unspecified atom stereocenters. The molecule has 4 nitrogen and oxygen atoms in total. The maximum Gasteiger partial charge on any atom is 0.335 e. The lowest BCUT2D eigenvalue weighted by Crippen LogP contribution is -2.10. The van der Waals surface area contributed by atoms with Crippen molar-refractivity contribution in [3.8, 4) is 5.75 Å². The third-order valence-corrected chi connectivity index (χ3v) is 2.57. The molecule has 0 amide bonds. The van der Waals surface area contributed by atoms with Gasteiger partial charge in [-0.05, 0) is 45.0 Å². The van der Waals surface area contributed by atoms with Gasteiger partial charge in [0.1, 0.15) is 5.75 Å². The van der Waals surface area contributed by atoms with Crippen molar-refractivity contribution in [1.29, 1.82) is 0 Å². The van der Waals surface area contributed by atoms with Gasteiger partial charge in [0.25, 0.3) is 0 Å². The molecule has 18 heavy (non-hydrogen) atoms. The third-order valence-electron chi connectivity index (χ3n) is 2.57. The van der Waals surface area contributed by atoms with Crippen LogP contribution in [0, 0.1) is 0 Å². The number of allylic oxidation sites excluding steroid dienone is 1. The van der Waals surface area contributed by atoms with E-state index in [2.05, 4.69) is 5.32 Å². The minimum Gasteiger partial charge on any atom is -0.497 e. The second-order valence-electron chi connectivity index (χ2n) is 3.82. The number of carbonyl (C=O) groups is 1. The summed E-state index contributed by atoms with van der Waals surface area (Å²) in [6, 6.07) is 7.49. The molecular formula is C14H19NO3. The van der Waals surface area contributed by atoms with Crippen molar-refractivity contribution in [1.82, 2.24) is 0 Å². The van der Waals surface area contributed by atoms with E-state index in [-0.39, 0.29) is 5.97 Å². The number of hydrogen-bond acceptors (Lipinski definition) is 4. The van der Waals surface area contributed by atoms with Gasteiger partial charge in [-0.25, -0.2) is 4.79 Å². The first kappa shape index (κ1) is 14.1. The molecule has 0 aromatic heterocycles. The van der Waals surface area contributed by atoms with Crippen LogP contribution < -0.4 is 10.1 Å². The predicted octanol–water partition coefficient (Wildman–Crippen LogP) is 2.96. The SMILES string of the molecule is CCOC(=O)/C(C)=C(\C)Nc1ccc(OC)cc1. The van der Waals surface area contributed by atoms with E-state index in [1.54, 1.807) is 21.0 Å². The number of benzene rings is 1. The van der Waals surface area contributed by atoms with Gasteiger partial charge in [-0.1, -0.05) is 0 Å². The van der Waals surface area contributed by atoms with Crippen LogP contribution >= 0.6 is 0 Å². The van der Waals surface area contributed by atoms with Gasteiger partial charge in [-0.15, -0.1) is 0 Å². The minimum atomic E-state index is -0.295. The molecule has 1 rings (SSSR count). The number of ether oxygens (including phenoxy) is 2. The van der Waals surface area contributed by atoms with E-state index >= 15 is 0 Å². The van der Waals surface area contributed by atoms with Gasteiger partial charge in [0.15, 0.2) is 0 Å². The Morgan fingerprint density at radius 3 is 2.33 bits per heavy atom. The molecule has 4 heteroatoms. The van der Waals surface area contributed by atoms with Crippen LogP contribution in [-0.4, -0.2) is 19.7 Å². The summed E-state index contributed by atoms with van der Waals surface area (Å²) in [6.07, 6.45) is 0. The standard InChI is InChI=1S/C14H19NO3/c1-5-18-14(16)10(2)11(3)15-12-6-8-13(17-4)9-7-12/h6-9,15H,5H2,1-4H3/b11-10+. The molecule has 0 radical (unpaired) electrons. The molecule has 0 aliphatic rings. The number of rotatable bonds is 5. The Morgan fingerprint density at radius 2 is 1.83 bits per heavy atom. The quantitative estimate of drug-likeness (QED) is 0.643. The van der Waals surface area contributed by atoms with E-state index in [1.165, 1.54) is 0 Å². The number of methoxy groups -OCH3 is 1. The lowest BCUT2D eigenvalue weighted by atomic mass is 10.2. The van der Waals surface area contributed by atoms with E-state index in [0.717, 1.165) is 17.1 Å². The van der Waals surface area contributed by atoms with Crippen LogP contribution in [0.15, 0.2) is 35.5 Å². The van der Waals surface area contributed by atoms with Crippen molar-refractivity contribution in [3.05, 3.63) is 35.5 Å². The number of esters is 1. The number of carbonyl (C=O) groups excluding carboxylic acids is 1. The highest BCUT2D eigenvalue weighted by atomic mass is 16.5. The van der Waals surface area contributed by atoms with Crippen LogP contribution in [0.3, 0.4) is 0 Å². The normalized spacial score (nSPS) is 11.6. The zero-order valence-corrected chi connectivity index (χ0v) is 11.2. The van der Waals surface area contributed by atoms with Gasteiger partial charge < -0.3 is 14.8 Å². The Kier molecular flexibility index (Phi) is 5.24. The van der Waals surface area contributed by atoms with Crippen molar-refractivity contribution in [2.24, 2.45) is 0 Å². The zero-order chi connectivity index (χ0) is 13.5. The minimum absolute atomic E-state index is 0.295. The number of anilines is 1. The molecule has 0 spiro atoms. The topological polar surface area (TPSA) is 47.6 Å². The van der Waals surface area contributed by atoms with Crippen LogP contribution in [-0.2, 0) is 9.53 Å². The summed E-state index contributed by atoms with van der Waals surface area (Å²) in [5, 5.41) is 3.16. The number of hydrogen-bond donors (Lipinski definition) is 1. The summed E-state index contributed by atoms with van der Waals surface area (Å²) < 4.78 is 10.0. The lowest BCUT2D eigenvalue weighted by molar-refractivity contribution is -0.138. The molecule has 0 bridgehead atoms. The smallest absolute Gasteiger partial charge is 0.335 e. The van der Waals surface area contributed by atoms with Crippen molar-refractivity contribution >= 4 is 11.7 Å². The molecule has 1 N–H and O–H groups in total. The fourth-order valence-corrected chi connectivity index (χ4v) is 1.38. The monoisotopic (exact) mass is 249 g/mol. The van der Waals surface area contributed by atoms with Crippen molar-refractivity contribution in [3.63, 3.8) is 0 Å². The van der Waals surface area contributed by atoms with Crippen molar-refractivity contribution in [2.75, 3.05) is 19.0 Å². The van der Waals surface area contributed by atoms with Gasteiger partial charge in [-0.2, -0.15) is 0 Å². The van der Waals surface area contributed by atoms with E-state index < -0.39 is 0 Å². The molecule has 98 valence electrons. The molecule has 0 heterocycles. The Labute approximate surface area is 108 Å². The molecule has 0 aliphatic carbocycles. The molecule has 1 aromatic rings. The summed E-state index contributed by atoms with van der Waals surface area (Å²) in [7, 11) is 1.62. The summed E-state index contributed by atoms with van der Waals surface area (Å²) in [5.41, 5.74) is 2.25. The Hall–Kier alpha value is -1.97.